The highest BCUT2D eigenvalue weighted by Crippen LogP contribution is 2.32. The highest BCUT2D eigenvalue weighted by molar-refractivity contribution is 6.00. The maximum absolute atomic E-state index is 13.4. The molecule has 2 aliphatic rings. The molecule has 0 saturated carbocycles. The zero-order chi connectivity index (χ0) is 24.8. The lowest BCUT2D eigenvalue weighted by Gasteiger charge is -2.33. The molecule has 0 radical (unpaired) electrons. The molecule has 9 heteroatoms. The molecule has 0 spiro atoms. The summed E-state index contributed by atoms with van der Waals surface area (Å²) >= 11 is 0. The van der Waals surface area contributed by atoms with E-state index in [1.807, 2.05) is 52.8 Å². The molecule has 2 fully saturated rings. The van der Waals surface area contributed by atoms with Crippen LogP contribution in [0.1, 0.15) is 83.9 Å². The molecule has 1 atom stereocenters. The fraction of sp³-hybridized carbons (Fsp3) is 0.600. The zero-order valence-electron chi connectivity index (χ0n) is 20.6. The van der Waals surface area contributed by atoms with Gasteiger partial charge in [-0.3, -0.25) is 24.0 Å². The smallest absolute Gasteiger partial charge is 0.410 e. The minimum absolute atomic E-state index is 0.0891. The third-order valence-corrected chi connectivity index (χ3v) is 6.59. The first-order valence-electron chi connectivity index (χ1n) is 12.0. The van der Waals surface area contributed by atoms with Crippen molar-refractivity contribution in [3.05, 3.63) is 34.2 Å². The van der Waals surface area contributed by atoms with Gasteiger partial charge in [-0.05, 0) is 77.5 Å². The van der Waals surface area contributed by atoms with Gasteiger partial charge in [-0.2, -0.15) is 0 Å². The van der Waals surface area contributed by atoms with Gasteiger partial charge < -0.3 is 9.64 Å². The Morgan fingerprint density at radius 3 is 2.32 bits per heavy atom. The van der Waals surface area contributed by atoms with Crippen LogP contribution in [0.4, 0.5) is 4.79 Å². The molecule has 2 saturated heterocycles. The SMILES string of the molecule is CC(C)n1c(=O)n(C2CCC(=O)NC2=O)c2ccc(C3CCN(C(=O)OC(C)(C)C)CC3)cc21. The van der Waals surface area contributed by atoms with Crippen LogP contribution in [0.5, 0.6) is 0 Å². The molecule has 1 aromatic carbocycles. The summed E-state index contributed by atoms with van der Waals surface area (Å²) in [4.78, 5) is 51.7. The van der Waals surface area contributed by atoms with Crippen molar-refractivity contribution in [2.24, 2.45) is 0 Å². The van der Waals surface area contributed by atoms with Crippen LogP contribution in [0, 0.1) is 0 Å². The van der Waals surface area contributed by atoms with E-state index >= 15 is 0 Å². The van der Waals surface area contributed by atoms with Gasteiger partial charge in [-0.15, -0.1) is 0 Å². The predicted molar refractivity (Wildman–Crippen MR) is 128 cm³/mol. The molecule has 1 N–H and O–H groups in total. The Morgan fingerprint density at radius 1 is 1.06 bits per heavy atom. The van der Waals surface area contributed by atoms with Crippen LogP contribution < -0.4 is 11.0 Å². The fourth-order valence-corrected chi connectivity index (χ4v) is 4.96. The van der Waals surface area contributed by atoms with Crippen LogP contribution in [0.3, 0.4) is 0 Å². The van der Waals surface area contributed by atoms with Crippen molar-refractivity contribution in [2.45, 2.75) is 83.9 Å². The van der Waals surface area contributed by atoms with E-state index in [0.29, 0.717) is 25.0 Å². The number of benzene rings is 1. The van der Waals surface area contributed by atoms with E-state index in [9.17, 15) is 19.2 Å². The number of aromatic nitrogens is 2. The van der Waals surface area contributed by atoms with Crippen molar-refractivity contribution in [3.8, 4) is 0 Å². The molecule has 184 valence electrons. The molecular formula is C25H34N4O5. The molecule has 2 aromatic rings. The Hall–Kier alpha value is -3.10. The van der Waals surface area contributed by atoms with Crippen molar-refractivity contribution in [1.82, 2.24) is 19.4 Å². The highest BCUT2D eigenvalue weighted by Gasteiger charge is 2.33. The van der Waals surface area contributed by atoms with Crippen molar-refractivity contribution in [1.29, 1.82) is 0 Å². The molecule has 0 bridgehead atoms. The number of fused-ring (bicyclic) bond motifs is 1. The number of nitrogens with zero attached hydrogens (tertiary/aromatic N) is 3. The third-order valence-electron chi connectivity index (χ3n) is 6.59. The van der Waals surface area contributed by atoms with Crippen LogP contribution in [-0.4, -0.2) is 50.6 Å². The lowest BCUT2D eigenvalue weighted by molar-refractivity contribution is -0.135. The molecule has 34 heavy (non-hydrogen) atoms. The largest absolute Gasteiger partial charge is 0.444 e. The average Bonchev–Trinajstić information content (AvgIpc) is 3.04. The number of ether oxygens (including phenoxy) is 1. The number of likely N-dealkylation sites (tertiary alicyclic amines) is 1. The summed E-state index contributed by atoms with van der Waals surface area (Å²) in [5, 5.41) is 2.36. The molecule has 0 aliphatic carbocycles. The molecule has 3 amide bonds. The Labute approximate surface area is 199 Å². The lowest BCUT2D eigenvalue weighted by Crippen LogP contribution is -2.44. The summed E-state index contributed by atoms with van der Waals surface area (Å²) in [6.07, 6.45) is 1.86. The monoisotopic (exact) mass is 470 g/mol. The minimum Gasteiger partial charge on any atom is -0.444 e. The normalized spacial score (nSPS) is 20.2. The van der Waals surface area contributed by atoms with Crippen molar-refractivity contribution >= 4 is 28.9 Å². The van der Waals surface area contributed by atoms with E-state index in [0.717, 1.165) is 23.9 Å². The first-order chi connectivity index (χ1) is 16.0. The zero-order valence-corrected chi connectivity index (χ0v) is 20.6. The van der Waals surface area contributed by atoms with E-state index in [2.05, 4.69) is 5.32 Å². The second-order valence-corrected chi connectivity index (χ2v) is 10.6. The highest BCUT2D eigenvalue weighted by atomic mass is 16.6. The van der Waals surface area contributed by atoms with Gasteiger partial charge in [-0.25, -0.2) is 9.59 Å². The number of hydrogen-bond donors (Lipinski definition) is 1. The molecular weight excluding hydrogens is 436 g/mol. The number of rotatable bonds is 3. The second kappa shape index (κ2) is 8.92. The van der Waals surface area contributed by atoms with Crippen LogP contribution in [-0.2, 0) is 14.3 Å². The van der Waals surface area contributed by atoms with Crippen molar-refractivity contribution in [3.63, 3.8) is 0 Å². The average molecular weight is 471 g/mol. The van der Waals surface area contributed by atoms with Gasteiger partial charge in [0.1, 0.15) is 11.6 Å². The van der Waals surface area contributed by atoms with Gasteiger partial charge in [0.15, 0.2) is 0 Å². The molecule has 9 nitrogen and oxygen atoms in total. The summed E-state index contributed by atoms with van der Waals surface area (Å²) in [5.41, 5.74) is 1.84. The summed E-state index contributed by atoms with van der Waals surface area (Å²) in [6, 6.07) is 5.19. The van der Waals surface area contributed by atoms with E-state index in [1.54, 1.807) is 9.47 Å². The number of carbonyl (C=O) groups excluding carboxylic acids is 3. The number of nitrogens with one attached hydrogen (secondary N) is 1. The molecule has 2 aliphatic heterocycles. The van der Waals surface area contributed by atoms with E-state index in [1.165, 1.54) is 4.57 Å². The first-order valence-corrected chi connectivity index (χ1v) is 12.0. The summed E-state index contributed by atoms with van der Waals surface area (Å²) < 4.78 is 8.75. The van der Waals surface area contributed by atoms with E-state index < -0.39 is 17.6 Å². The number of piperidine rings is 2. The van der Waals surface area contributed by atoms with Gasteiger partial charge in [0.25, 0.3) is 0 Å². The van der Waals surface area contributed by atoms with E-state index in [-0.39, 0.29) is 36.1 Å². The Bertz CT molecular complexity index is 1180. The lowest BCUT2D eigenvalue weighted by atomic mass is 9.89. The van der Waals surface area contributed by atoms with Crippen molar-refractivity contribution < 1.29 is 19.1 Å². The maximum atomic E-state index is 13.4. The molecule has 4 rings (SSSR count). The van der Waals surface area contributed by atoms with Crippen LogP contribution >= 0.6 is 0 Å². The summed E-state index contributed by atoms with van der Waals surface area (Å²) in [6.45, 7) is 10.7. The summed E-state index contributed by atoms with van der Waals surface area (Å²) in [7, 11) is 0. The summed E-state index contributed by atoms with van der Waals surface area (Å²) in [5.74, 6) is -0.473. The van der Waals surface area contributed by atoms with Crippen molar-refractivity contribution in [2.75, 3.05) is 13.1 Å². The Kier molecular flexibility index (Phi) is 6.31. The predicted octanol–water partition coefficient (Wildman–Crippen LogP) is 3.48. The van der Waals surface area contributed by atoms with Gasteiger partial charge in [0, 0.05) is 25.6 Å². The number of amides is 3. The first kappa shape index (κ1) is 24.0. The standard InChI is InChI=1S/C25H34N4O5/c1-15(2)28-20-14-17(16-10-12-27(13-11-16)24(33)34-25(3,4)5)6-7-18(20)29(23(28)32)19-8-9-21(30)26-22(19)31/h6-7,14-16,19H,8-13H2,1-5H3,(H,26,30,31). The van der Waals surface area contributed by atoms with Gasteiger partial charge in [0.2, 0.25) is 11.8 Å². The molecule has 1 aromatic heterocycles. The van der Waals surface area contributed by atoms with Crippen LogP contribution in [0.25, 0.3) is 11.0 Å². The molecule has 3 heterocycles. The Morgan fingerprint density at radius 2 is 1.74 bits per heavy atom. The number of imidazole rings is 1. The van der Waals surface area contributed by atoms with Crippen LogP contribution in [0.2, 0.25) is 0 Å². The third kappa shape index (κ3) is 4.60. The van der Waals surface area contributed by atoms with Gasteiger partial charge in [0.05, 0.1) is 11.0 Å². The second-order valence-electron chi connectivity index (χ2n) is 10.6. The van der Waals surface area contributed by atoms with Crippen LogP contribution in [0.15, 0.2) is 23.0 Å². The number of imide groups is 1. The molecule has 1 unspecified atom stereocenters. The quantitative estimate of drug-likeness (QED) is 0.692. The van der Waals surface area contributed by atoms with Gasteiger partial charge >= 0.3 is 11.8 Å². The topological polar surface area (TPSA) is 103 Å². The van der Waals surface area contributed by atoms with Gasteiger partial charge in [-0.1, -0.05) is 6.07 Å². The minimum atomic E-state index is -0.699. The maximum Gasteiger partial charge on any atom is 0.410 e. The number of hydrogen-bond acceptors (Lipinski definition) is 5. The van der Waals surface area contributed by atoms with E-state index in [4.69, 9.17) is 4.74 Å². The number of carbonyl (C=O) groups is 3. The Balaban J connectivity index is 1.62. The fourth-order valence-electron chi connectivity index (χ4n) is 4.96.